The molecule has 0 radical (unpaired) electrons. The van der Waals surface area contributed by atoms with Crippen LogP contribution < -0.4 is 10.5 Å². The molecule has 1 aliphatic carbocycles. The van der Waals surface area contributed by atoms with Crippen molar-refractivity contribution < 1.29 is 9.47 Å². The molecule has 2 N–H and O–H groups in total. The van der Waals surface area contributed by atoms with Gasteiger partial charge in [0.1, 0.15) is 23.2 Å². The number of imidazole rings is 1. The average molecular weight is 335 g/mol. The highest BCUT2D eigenvalue weighted by atomic mass is 16.5. The van der Waals surface area contributed by atoms with E-state index in [2.05, 4.69) is 17.3 Å². The second-order valence-corrected chi connectivity index (χ2v) is 5.89. The molecule has 1 atom stereocenters. The summed E-state index contributed by atoms with van der Waals surface area (Å²) in [7, 11) is 1.62. The highest BCUT2D eigenvalue weighted by molar-refractivity contribution is 6.05. The molecule has 4 rings (SSSR count). The van der Waals surface area contributed by atoms with Crippen LogP contribution in [0.4, 0.5) is 11.6 Å². The molecule has 7 heteroatoms. The van der Waals surface area contributed by atoms with Gasteiger partial charge in [-0.1, -0.05) is 12.1 Å². The van der Waals surface area contributed by atoms with Crippen molar-refractivity contribution in [2.24, 2.45) is 4.99 Å². The number of methoxy groups -OCH3 is 1. The summed E-state index contributed by atoms with van der Waals surface area (Å²) in [6.07, 6.45) is 5.47. The third-order valence-corrected chi connectivity index (χ3v) is 4.39. The standard InChI is InChI=1S/C18H17N5O2/c1-24-13-6-2-5-12(9-13)21-14-8-11-4-3-7-25-17(11)15-16(14)23(10-19)18(20)22-15/h2,4-6,9,17H,3,7-8H2,1H3,(H2,20,22). The number of aliphatic imine (C=N–C) groups is 1. The van der Waals surface area contributed by atoms with Gasteiger partial charge in [-0.05, 0) is 24.1 Å². The molecule has 25 heavy (non-hydrogen) atoms. The summed E-state index contributed by atoms with van der Waals surface area (Å²) in [5, 5.41) is 9.49. The Kier molecular flexibility index (Phi) is 3.75. The molecule has 126 valence electrons. The summed E-state index contributed by atoms with van der Waals surface area (Å²) in [4.78, 5) is 9.13. The summed E-state index contributed by atoms with van der Waals surface area (Å²) in [6.45, 7) is 0.634. The van der Waals surface area contributed by atoms with Gasteiger partial charge >= 0.3 is 0 Å². The minimum atomic E-state index is -0.245. The molecular weight excluding hydrogens is 318 g/mol. The molecule has 1 unspecified atom stereocenters. The monoisotopic (exact) mass is 335 g/mol. The van der Waals surface area contributed by atoms with Crippen LogP contribution in [0.2, 0.25) is 0 Å². The number of nitrogens with zero attached hydrogens (tertiary/aromatic N) is 4. The summed E-state index contributed by atoms with van der Waals surface area (Å²) < 4.78 is 12.5. The highest BCUT2D eigenvalue weighted by Gasteiger charge is 2.36. The van der Waals surface area contributed by atoms with Crippen molar-refractivity contribution >= 4 is 17.3 Å². The second kappa shape index (κ2) is 6.07. The molecule has 2 aliphatic rings. The Hall–Kier alpha value is -3.11. The van der Waals surface area contributed by atoms with Crippen molar-refractivity contribution in [1.82, 2.24) is 9.55 Å². The Labute approximate surface area is 145 Å². The number of nitrogens with two attached hydrogens (primary N) is 1. The number of hydrogen-bond donors (Lipinski definition) is 1. The molecular formula is C18H17N5O2. The largest absolute Gasteiger partial charge is 0.497 e. The fourth-order valence-electron chi connectivity index (χ4n) is 3.29. The number of ether oxygens (including phenoxy) is 2. The number of anilines is 1. The quantitative estimate of drug-likeness (QED) is 0.851. The number of rotatable bonds is 2. The Morgan fingerprint density at radius 2 is 2.36 bits per heavy atom. The molecule has 2 heterocycles. The first-order valence-electron chi connectivity index (χ1n) is 8.02. The van der Waals surface area contributed by atoms with Crippen molar-refractivity contribution in [2.45, 2.75) is 18.9 Å². The maximum atomic E-state index is 9.49. The van der Waals surface area contributed by atoms with E-state index in [0.29, 0.717) is 24.4 Å². The van der Waals surface area contributed by atoms with Crippen molar-refractivity contribution in [3.8, 4) is 11.9 Å². The van der Waals surface area contributed by atoms with E-state index in [1.807, 2.05) is 24.3 Å². The molecule has 2 aromatic rings. The number of nitrogen functional groups attached to an aromatic ring is 1. The fourth-order valence-corrected chi connectivity index (χ4v) is 3.29. The smallest absolute Gasteiger partial charge is 0.214 e. The third-order valence-electron chi connectivity index (χ3n) is 4.39. The van der Waals surface area contributed by atoms with E-state index in [0.717, 1.165) is 29.1 Å². The van der Waals surface area contributed by atoms with E-state index in [9.17, 15) is 5.26 Å². The van der Waals surface area contributed by atoms with Gasteiger partial charge in [0, 0.05) is 12.5 Å². The lowest BCUT2D eigenvalue weighted by atomic mass is 9.88. The van der Waals surface area contributed by atoms with Crippen molar-refractivity contribution in [2.75, 3.05) is 19.5 Å². The van der Waals surface area contributed by atoms with Gasteiger partial charge in [0.2, 0.25) is 5.95 Å². The van der Waals surface area contributed by atoms with E-state index in [4.69, 9.17) is 20.2 Å². The van der Waals surface area contributed by atoms with Crippen molar-refractivity contribution in [1.29, 1.82) is 5.26 Å². The second-order valence-electron chi connectivity index (χ2n) is 5.89. The van der Waals surface area contributed by atoms with Gasteiger partial charge in [0.15, 0.2) is 6.19 Å². The first kappa shape index (κ1) is 15.4. The molecule has 7 nitrogen and oxygen atoms in total. The van der Waals surface area contributed by atoms with Gasteiger partial charge in [-0.15, -0.1) is 0 Å². The Bertz CT molecular complexity index is 935. The molecule has 0 saturated heterocycles. The van der Waals surface area contributed by atoms with Crippen LogP contribution in [0.15, 0.2) is 40.9 Å². The summed E-state index contributed by atoms with van der Waals surface area (Å²) in [5.74, 6) is 0.880. The molecule has 0 bridgehead atoms. The highest BCUT2D eigenvalue weighted by Crippen LogP contribution is 2.40. The first-order chi connectivity index (χ1) is 12.2. The van der Waals surface area contributed by atoms with Crippen molar-refractivity contribution in [3.63, 3.8) is 0 Å². The maximum Gasteiger partial charge on any atom is 0.214 e. The summed E-state index contributed by atoms with van der Waals surface area (Å²) >= 11 is 0. The molecule has 1 aromatic heterocycles. The molecule has 0 amide bonds. The number of benzene rings is 1. The molecule has 0 fully saturated rings. The van der Waals surface area contributed by atoms with Gasteiger partial charge in [-0.25, -0.2) is 9.55 Å². The molecule has 1 aromatic carbocycles. The van der Waals surface area contributed by atoms with Gasteiger partial charge in [0.25, 0.3) is 0 Å². The lowest BCUT2D eigenvalue weighted by Gasteiger charge is -2.29. The molecule has 0 spiro atoms. The van der Waals surface area contributed by atoms with Gasteiger partial charge < -0.3 is 15.2 Å². The first-order valence-corrected chi connectivity index (χ1v) is 8.02. The van der Waals surface area contributed by atoms with Crippen LogP contribution in [0.1, 0.15) is 30.3 Å². The van der Waals surface area contributed by atoms with Crippen LogP contribution >= 0.6 is 0 Å². The number of nitriles is 1. The Balaban J connectivity index is 1.89. The predicted molar refractivity (Wildman–Crippen MR) is 92.9 cm³/mol. The topological polar surface area (TPSA) is 98.4 Å². The van der Waals surface area contributed by atoms with Crippen LogP contribution in [0.25, 0.3) is 0 Å². The lowest BCUT2D eigenvalue weighted by Crippen LogP contribution is -2.25. The van der Waals surface area contributed by atoms with E-state index in [1.165, 1.54) is 4.57 Å². The number of aromatic nitrogens is 2. The maximum absolute atomic E-state index is 9.49. The van der Waals surface area contributed by atoms with E-state index in [1.54, 1.807) is 7.11 Å². The Morgan fingerprint density at radius 3 is 3.16 bits per heavy atom. The lowest BCUT2D eigenvalue weighted by molar-refractivity contribution is 0.0657. The van der Waals surface area contributed by atoms with Crippen LogP contribution in [0.5, 0.6) is 5.75 Å². The van der Waals surface area contributed by atoms with Crippen LogP contribution in [-0.2, 0) is 4.74 Å². The van der Waals surface area contributed by atoms with Gasteiger partial charge in [0.05, 0.1) is 25.1 Å². The van der Waals surface area contributed by atoms with E-state index < -0.39 is 0 Å². The van der Waals surface area contributed by atoms with E-state index >= 15 is 0 Å². The summed E-state index contributed by atoms with van der Waals surface area (Å²) in [5.41, 5.74) is 9.85. The average Bonchev–Trinajstić information content (AvgIpc) is 2.98. The van der Waals surface area contributed by atoms with Crippen LogP contribution in [-0.4, -0.2) is 29.0 Å². The minimum absolute atomic E-state index is 0.154. The summed E-state index contributed by atoms with van der Waals surface area (Å²) in [6, 6.07) is 7.48. The normalized spacial score (nSPS) is 20.4. The molecule has 0 saturated carbocycles. The fraction of sp³-hybridized carbons (Fsp3) is 0.278. The van der Waals surface area contributed by atoms with Crippen molar-refractivity contribution in [3.05, 3.63) is 47.3 Å². The number of fused-ring (bicyclic) bond motifs is 3. The zero-order valence-corrected chi connectivity index (χ0v) is 13.8. The minimum Gasteiger partial charge on any atom is -0.497 e. The third kappa shape index (κ3) is 2.57. The van der Waals surface area contributed by atoms with Crippen LogP contribution in [0.3, 0.4) is 0 Å². The van der Waals surface area contributed by atoms with Crippen LogP contribution in [0, 0.1) is 11.5 Å². The number of hydrogen-bond acceptors (Lipinski definition) is 6. The van der Waals surface area contributed by atoms with E-state index in [-0.39, 0.29) is 12.1 Å². The predicted octanol–water partition coefficient (Wildman–Crippen LogP) is 2.72. The van der Waals surface area contributed by atoms with Gasteiger partial charge in [-0.2, -0.15) is 5.26 Å². The SMILES string of the molecule is COc1cccc(N=C2CC3=CCCOC3c3nc(N)n(C#N)c32)c1. The zero-order chi connectivity index (χ0) is 17.4. The Morgan fingerprint density at radius 1 is 1.48 bits per heavy atom. The molecule has 1 aliphatic heterocycles. The van der Waals surface area contributed by atoms with Gasteiger partial charge in [-0.3, -0.25) is 4.99 Å². The zero-order valence-electron chi connectivity index (χ0n) is 13.8.